The molecule has 1 aliphatic rings. The Morgan fingerprint density at radius 2 is 2.28 bits per heavy atom. The van der Waals surface area contributed by atoms with Crippen LogP contribution < -0.4 is 11.1 Å². The molecule has 4 nitrogen and oxygen atoms in total. The molecule has 0 aliphatic heterocycles. The molecule has 3 N–H and O–H groups in total. The van der Waals surface area contributed by atoms with Gasteiger partial charge >= 0.3 is 0 Å². The van der Waals surface area contributed by atoms with E-state index >= 15 is 0 Å². The monoisotopic (exact) mass is 267 g/mol. The van der Waals surface area contributed by atoms with Gasteiger partial charge in [-0.3, -0.25) is 4.79 Å². The Morgan fingerprint density at radius 1 is 1.50 bits per heavy atom. The highest BCUT2D eigenvalue weighted by atomic mass is 32.1. The van der Waals surface area contributed by atoms with Crippen LogP contribution in [-0.2, 0) is 4.79 Å². The number of nitrogens with one attached hydrogen (secondary N) is 1. The van der Waals surface area contributed by atoms with Crippen LogP contribution in [0.3, 0.4) is 0 Å². The van der Waals surface area contributed by atoms with Crippen molar-refractivity contribution < 1.29 is 4.79 Å². The summed E-state index contributed by atoms with van der Waals surface area (Å²) in [6, 6.07) is -0.0102. The molecule has 3 unspecified atom stereocenters. The van der Waals surface area contributed by atoms with E-state index < -0.39 is 0 Å². The van der Waals surface area contributed by atoms with Gasteiger partial charge in [0.15, 0.2) is 0 Å². The van der Waals surface area contributed by atoms with Crippen molar-refractivity contribution in [3.8, 4) is 0 Å². The van der Waals surface area contributed by atoms with Gasteiger partial charge in [0, 0.05) is 17.6 Å². The van der Waals surface area contributed by atoms with Crippen molar-refractivity contribution in [1.82, 2.24) is 10.3 Å². The van der Waals surface area contributed by atoms with Gasteiger partial charge in [-0.1, -0.05) is 19.3 Å². The van der Waals surface area contributed by atoms with Crippen LogP contribution in [0.5, 0.6) is 0 Å². The van der Waals surface area contributed by atoms with Crippen molar-refractivity contribution in [2.75, 3.05) is 0 Å². The Kier molecular flexibility index (Phi) is 4.72. The van der Waals surface area contributed by atoms with Gasteiger partial charge in [0.25, 0.3) is 0 Å². The fourth-order valence-electron chi connectivity index (χ4n) is 2.49. The van der Waals surface area contributed by atoms with Crippen molar-refractivity contribution in [1.29, 1.82) is 0 Å². The molecule has 1 aromatic heterocycles. The third-order valence-electron chi connectivity index (χ3n) is 3.59. The molecule has 3 atom stereocenters. The number of thiazole rings is 1. The number of nitrogens with zero attached hydrogens (tertiary/aromatic N) is 1. The summed E-state index contributed by atoms with van der Waals surface area (Å²) in [5.41, 5.74) is 6.10. The van der Waals surface area contributed by atoms with E-state index in [1.165, 1.54) is 6.42 Å². The fourth-order valence-corrected chi connectivity index (χ4v) is 3.14. The van der Waals surface area contributed by atoms with Crippen LogP contribution in [0.25, 0.3) is 0 Å². The quantitative estimate of drug-likeness (QED) is 0.825. The lowest BCUT2D eigenvalue weighted by Crippen LogP contribution is -2.42. The minimum Gasteiger partial charge on any atom is -0.347 e. The Morgan fingerprint density at radius 3 is 3.00 bits per heavy atom. The maximum Gasteiger partial charge on any atom is 0.225 e. The van der Waals surface area contributed by atoms with E-state index in [4.69, 9.17) is 5.73 Å². The summed E-state index contributed by atoms with van der Waals surface area (Å²) in [6.07, 6.45) is 7.09. The van der Waals surface area contributed by atoms with Gasteiger partial charge in [-0.25, -0.2) is 4.98 Å². The van der Waals surface area contributed by atoms with Gasteiger partial charge < -0.3 is 11.1 Å². The Balaban J connectivity index is 1.94. The van der Waals surface area contributed by atoms with Crippen molar-refractivity contribution in [3.63, 3.8) is 0 Å². The van der Waals surface area contributed by atoms with E-state index in [1.54, 1.807) is 17.5 Å². The van der Waals surface area contributed by atoms with Crippen molar-refractivity contribution in [2.45, 2.75) is 51.1 Å². The van der Waals surface area contributed by atoms with Crippen LogP contribution in [0, 0.1) is 5.92 Å². The molecule has 1 aromatic rings. The number of carbonyl (C=O) groups excluding carboxylic acids is 1. The van der Waals surface area contributed by atoms with Crippen LogP contribution >= 0.6 is 11.3 Å². The third-order valence-corrected chi connectivity index (χ3v) is 4.55. The molecule has 0 bridgehead atoms. The lowest BCUT2D eigenvalue weighted by Gasteiger charge is -2.22. The molecule has 0 spiro atoms. The second-order valence-corrected chi connectivity index (χ2v) is 5.94. The molecule has 1 amide bonds. The largest absolute Gasteiger partial charge is 0.347 e. The first-order valence-corrected chi connectivity index (χ1v) is 7.52. The van der Waals surface area contributed by atoms with E-state index in [2.05, 4.69) is 10.3 Å². The molecule has 0 saturated heterocycles. The number of carbonyl (C=O) groups is 1. The molecule has 0 radical (unpaired) electrons. The van der Waals surface area contributed by atoms with Crippen LogP contribution in [0.15, 0.2) is 11.6 Å². The Bertz CT molecular complexity index is 380. The Labute approximate surface area is 112 Å². The van der Waals surface area contributed by atoms with E-state index in [0.29, 0.717) is 0 Å². The number of hydrogen-bond acceptors (Lipinski definition) is 4. The van der Waals surface area contributed by atoms with Crippen molar-refractivity contribution in [3.05, 3.63) is 16.6 Å². The second-order valence-electron chi connectivity index (χ2n) is 5.01. The van der Waals surface area contributed by atoms with Crippen LogP contribution in [0.2, 0.25) is 0 Å². The molecule has 0 aromatic carbocycles. The fraction of sp³-hybridized carbons (Fsp3) is 0.692. The lowest BCUT2D eigenvalue weighted by atomic mass is 9.94. The summed E-state index contributed by atoms with van der Waals surface area (Å²) in [5.74, 6) is 0.0574. The first-order valence-electron chi connectivity index (χ1n) is 6.64. The van der Waals surface area contributed by atoms with Crippen LogP contribution in [0.4, 0.5) is 0 Å². The number of rotatable bonds is 3. The van der Waals surface area contributed by atoms with Gasteiger partial charge in [-0.2, -0.15) is 0 Å². The topological polar surface area (TPSA) is 68.0 Å². The summed E-state index contributed by atoms with van der Waals surface area (Å²) < 4.78 is 0. The van der Waals surface area contributed by atoms with Gasteiger partial charge in [0.1, 0.15) is 5.01 Å². The highest BCUT2D eigenvalue weighted by Crippen LogP contribution is 2.23. The van der Waals surface area contributed by atoms with Crippen molar-refractivity contribution >= 4 is 17.2 Å². The van der Waals surface area contributed by atoms with Gasteiger partial charge in [-0.15, -0.1) is 11.3 Å². The predicted octanol–water partition coefficient (Wildman–Crippen LogP) is 2.23. The number of nitrogens with two attached hydrogens (primary N) is 1. The minimum atomic E-state index is -0.0325. The highest BCUT2D eigenvalue weighted by Gasteiger charge is 2.28. The summed E-state index contributed by atoms with van der Waals surface area (Å²) in [7, 11) is 0. The van der Waals surface area contributed by atoms with Gasteiger partial charge in [0.05, 0.1) is 12.0 Å². The summed E-state index contributed by atoms with van der Waals surface area (Å²) in [6.45, 7) is 1.97. The standard InChI is InChI=1S/C13H21N3OS/c1-9(13-15-7-8-18-13)16-12(17)10-5-3-2-4-6-11(10)14/h7-11H,2-6,14H2,1H3,(H,16,17). The average Bonchev–Trinajstić information content (AvgIpc) is 2.79. The summed E-state index contributed by atoms with van der Waals surface area (Å²) in [5, 5.41) is 5.91. The van der Waals surface area contributed by atoms with Crippen molar-refractivity contribution in [2.24, 2.45) is 11.7 Å². The summed E-state index contributed by atoms with van der Waals surface area (Å²) in [4.78, 5) is 16.5. The van der Waals surface area contributed by atoms with E-state index in [9.17, 15) is 4.79 Å². The smallest absolute Gasteiger partial charge is 0.225 e. The first-order chi connectivity index (χ1) is 8.68. The third kappa shape index (κ3) is 3.29. The number of hydrogen-bond donors (Lipinski definition) is 2. The molecule has 1 aliphatic carbocycles. The molecular formula is C13H21N3OS. The molecule has 100 valence electrons. The molecule has 2 rings (SSSR count). The zero-order valence-electron chi connectivity index (χ0n) is 10.8. The zero-order chi connectivity index (χ0) is 13.0. The molecule has 5 heteroatoms. The molecule has 1 fully saturated rings. The Hall–Kier alpha value is -0.940. The van der Waals surface area contributed by atoms with Gasteiger partial charge in [-0.05, 0) is 19.8 Å². The van der Waals surface area contributed by atoms with Gasteiger partial charge in [0.2, 0.25) is 5.91 Å². The summed E-state index contributed by atoms with van der Waals surface area (Å²) >= 11 is 1.57. The molecule has 1 saturated carbocycles. The van der Waals surface area contributed by atoms with E-state index in [0.717, 1.165) is 30.7 Å². The lowest BCUT2D eigenvalue weighted by molar-refractivity contribution is -0.126. The first kappa shape index (κ1) is 13.5. The maximum absolute atomic E-state index is 12.3. The van der Waals surface area contributed by atoms with E-state index in [1.807, 2.05) is 12.3 Å². The van der Waals surface area contributed by atoms with Crippen LogP contribution in [-0.4, -0.2) is 16.9 Å². The predicted molar refractivity (Wildman–Crippen MR) is 73.2 cm³/mol. The molecule has 1 heterocycles. The second kappa shape index (κ2) is 6.29. The molecular weight excluding hydrogens is 246 g/mol. The maximum atomic E-state index is 12.3. The number of amides is 1. The van der Waals surface area contributed by atoms with Crippen LogP contribution in [0.1, 0.15) is 50.1 Å². The SMILES string of the molecule is CC(NC(=O)C1CCCCCC1N)c1nccs1. The minimum absolute atomic E-state index is 0.0102. The average molecular weight is 267 g/mol. The number of aromatic nitrogens is 1. The zero-order valence-corrected chi connectivity index (χ0v) is 11.6. The highest BCUT2D eigenvalue weighted by molar-refractivity contribution is 7.09. The van der Waals surface area contributed by atoms with E-state index in [-0.39, 0.29) is 23.9 Å². The molecule has 18 heavy (non-hydrogen) atoms. The normalized spacial score (nSPS) is 26.3.